The van der Waals surface area contributed by atoms with Crippen LogP contribution in [0, 0.1) is 5.82 Å². The molecule has 0 fully saturated rings. The van der Waals surface area contributed by atoms with Crippen molar-refractivity contribution in [1.29, 1.82) is 0 Å². The standard InChI is InChI=1S/C17H17FN4/c18-12-5-3-11(4-6-12)15-10-16-13(2-1-9-21-16)17(22-15)14(20)7-8-19/h1-6,9-10,14H,7-8,19-20H2. The zero-order valence-corrected chi connectivity index (χ0v) is 12.0. The molecule has 0 saturated carbocycles. The molecule has 3 aromatic rings. The van der Waals surface area contributed by atoms with Gasteiger partial charge in [-0.05, 0) is 55.4 Å². The molecule has 0 saturated heterocycles. The predicted molar refractivity (Wildman–Crippen MR) is 85.5 cm³/mol. The molecule has 5 heteroatoms. The molecule has 1 atom stereocenters. The average Bonchev–Trinajstić information content (AvgIpc) is 2.54. The van der Waals surface area contributed by atoms with Crippen molar-refractivity contribution in [1.82, 2.24) is 9.97 Å². The summed E-state index contributed by atoms with van der Waals surface area (Å²) in [6.07, 6.45) is 2.37. The number of nitrogens with zero attached hydrogens (tertiary/aromatic N) is 2. The highest BCUT2D eigenvalue weighted by atomic mass is 19.1. The third-order valence-electron chi connectivity index (χ3n) is 3.60. The first kappa shape index (κ1) is 14.6. The van der Waals surface area contributed by atoms with Gasteiger partial charge in [0.2, 0.25) is 0 Å². The van der Waals surface area contributed by atoms with Gasteiger partial charge in [-0.25, -0.2) is 4.39 Å². The first-order valence-electron chi connectivity index (χ1n) is 7.16. The van der Waals surface area contributed by atoms with Crippen LogP contribution in [0.25, 0.3) is 22.2 Å². The molecule has 0 aliphatic carbocycles. The number of rotatable bonds is 4. The molecule has 1 aromatic carbocycles. The highest BCUT2D eigenvalue weighted by Crippen LogP contribution is 2.27. The Morgan fingerprint density at radius 2 is 1.91 bits per heavy atom. The molecule has 0 radical (unpaired) electrons. The van der Waals surface area contributed by atoms with Crippen LogP contribution in [0.4, 0.5) is 4.39 Å². The Balaban J connectivity index is 2.17. The third kappa shape index (κ3) is 2.81. The normalized spacial score (nSPS) is 12.5. The molecule has 0 amide bonds. The summed E-state index contributed by atoms with van der Waals surface area (Å²) in [7, 11) is 0. The van der Waals surface area contributed by atoms with E-state index in [4.69, 9.17) is 11.5 Å². The fourth-order valence-electron chi connectivity index (χ4n) is 2.47. The molecule has 1 unspecified atom stereocenters. The van der Waals surface area contributed by atoms with Gasteiger partial charge in [0, 0.05) is 23.2 Å². The van der Waals surface area contributed by atoms with Gasteiger partial charge in [0.1, 0.15) is 5.82 Å². The fraction of sp³-hybridized carbons (Fsp3) is 0.176. The van der Waals surface area contributed by atoms with E-state index in [1.54, 1.807) is 18.3 Å². The van der Waals surface area contributed by atoms with Gasteiger partial charge in [-0.1, -0.05) is 0 Å². The molecule has 22 heavy (non-hydrogen) atoms. The molecule has 0 bridgehead atoms. The van der Waals surface area contributed by atoms with Crippen LogP contribution < -0.4 is 11.5 Å². The Hall–Kier alpha value is -2.37. The molecule has 4 nitrogen and oxygen atoms in total. The number of hydrogen-bond donors (Lipinski definition) is 2. The summed E-state index contributed by atoms with van der Waals surface area (Å²) >= 11 is 0. The van der Waals surface area contributed by atoms with Gasteiger partial charge in [0.05, 0.1) is 16.9 Å². The summed E-state index contributed by atoms with van der Waals surface area (Å²) in [5.74, 6) is -0.275. The lowest BCUT2D eigenvalue weighted by Crippen LogP contribution is -2.17. The summed E-state index contributed by atoms with van der Waals surface area (Å²) < 4.78 is 13.1. The minimum absolute atomic E-state index is 0.253. The first-order chi connectivity index (χ1) is 10.7. The van der Waals surface area contributed by atoms with E-state index >= 15 is 0 Å². The lowest BCUT2D eigenvalue weighted by molar-refractivity contribution is 0.628. The van der Waals surface area contributed by atoms with Crippen molar-refractivity contribution in [2.75, 3.05) is 6.54 Å². The van der Waals surface area contributed by atoms with Crippen molar-refractivity contribution in [3.05, 3.63) is 60.2 Å². The second kappa shape index (κ2) is 6.17. The SMILES string of the molecule is NCCC(N)c1nc(-c2ccc(F)cc2)cc2ncccc12. The van der Waals surface area contributed by atoms with Gasteiger partial charge in [-0.2, -0.15) is 0 Å². The van der Waals surface area contributed by atoms with Crippen LogP contribution in [0.15, 0.2) is 48.7 Å². The zero-order chi connectivity index (χ0) is 15.5. The van der Waals surface area contributed by atoms with Crippen LogP contribution in [-0.2, 0) is 0 Å². The molecule has 4 N–H and O–H groups in total. The molecular weight excluding hydrogens is 279 g/mol. The van der Waals surface area contributed by atoms with Gasteiger partial charge >= 0.3 is 0 Å². The minimum Gasteiger partial charge on any atom is -0.330 e. The van der Waals surface area contributed by atoms with E-state index < -0.39 is 0 Å². The monoisotopic (exact) mass is 296 g/mol. The highest BCUT2D eigenvalue weighted by molar-refractivity contribution is 5.85. The molecule has 2 heterocycles. The lowest BCUT2D eigenvalue weighted by atomic mass is 10.0. The van der Waals surface area contributed by atoms with E-state index in [1.807, 2.05) is 18.2 Å². The number of halogens is 1. The van der Waals surface area contributed by atoms with Crippen LogP contribution >= 0.6 is 0 Å². The van der Waals surface area contributed by atoms with Crippen LogP contribution in [0.3, 0.4) is 0 Å². The van der Waals surface area contributed by atoms with Crippen molar-refractivity contribution in [3.8, 4) is 11.3 Å². The lowest BCUT2D eigenvalue weighted by Gasteiger charge is -2.14. The third-order valence-corrected chi connectivity index (χ3v) is 3.60. The number of aromatic nitrogens is 2. The van der Waals surface area contributed by atoms with Gasteiger partial charge < -0.3 is 11.5 Å². The number of hydrogen-bond acceptors (Lipinski definition) is 4. The van der Waals surface area contributed by atoms with E-state index in [1.165, 1.54) is 12.1 Å². The minimum atomic E-state index is -0.275. The largest absolute Gasteiger partial charge is 0.330 e. The smallest absolute Gasteiger partial charge is 0.123 e. The Labute approximate surface area is 128 Å². The Kier molecular flexibility index (Phi) is 4.09. The van der Waals surface area contributed by atoms with Crippen LogP contribution in [-0.4, -0.2) is 16.5 Å². The van der Waals surface area contributed by atoms with Crippen LogP contribution in [0.2, 0.25) is 0 Å². The molecule has 112 valence electrons. The zero-order valence-electron chi connectivity index (χ0n) is 12.0. The Morgan fingerprint density at radius 3 is 2.64 bits per heavy atom. The quantitative estimate of drug-likeness (QED) is 0.776. The van der Waals surface area contributed by atoms with E-state index in [-0.39, 0.29) is 11.9 Å². The number of pyridine rings is 2. The van der Waals surface area contributed by atoms with Gasteiger partial charge in [0.15, 0.2) is 0 Å². The first-order valence-corrected chi connectivity index (χ1v) is 7.16. The van der Waals surface area contributed by atoms with Crippen LogP contribution in [0.5, 0.6) is 0 Å². The van der Waals surface area contributed by atoms with Crippen molar-refractivity contribution in [3.63, 3.8) is 0 Å². The topological polar surface area (TPSA) is 77.8 Å². The summed E-state index contributed by atoms with van der Waals surface area (Å²) in [5.41, 5.74) is 15.0. The van der Waals surface area contributed by atoms with E-state index in [0.29, 0.717) is 13.0 Å². The van der Waals surface area contributed by atoms with Crippen molar-refractivity contribution in [2.24, 2.45) is 11.5 Å². The number of fused-ring (bicyclic) bond motifs is 1. The van der Waals surface area contributed by atoms with Gasteiger partial charge in [0.25, 0.3) is 0 Å². The maximum Gasteiger partial charge on any atom is 0.123 e. The molecule has 0 aliphatic rings. The van der Waals surface area contributed by atoms with Gasteiger partial charge in [-0.15, -0.1) is 0 Å². The van der Waals surface area contributed by atoms with Crippen molar-refractivity contribution >= 4 is 10.9 Å². The summed E-state index contributed by atoms with van der Waals surface area (Å²) in [6.45, 7) is 0.491. The maximum absolute atomic E-state index is 13.1. The maximum atomic E-state index is 13.1. The molecule has 3 rings (SSSR count). The average molecular weight is 296 g/mol. The molecule has 2 aromatic heterocycles. The van der Waals surface area contributed by atoms with Crippen LogP contribution in [0.1, 0.15) is 18.2 Å². The second-order valence-electron chi connectivity index (χ2n) is 5.15. The Bertz CT molecular complexity index is 786. The van der Waals surface area contributed by atoms with Gasteiger partial charge in [-0.3, -0.25) is 9.97 Å². The number of nitrogens with two attached hydrogens (primary N) is 2. The summed E-state index contributed by atoms with van der Waals surface area (Å²) in [4.78, 5) is 9.06. The number of benzene rings is 1. The molecule has 0 spiro atoms. The Morgan fingerprint density at radius 1 is 1.14 bits per heavy atom. The second-order valence-corrected chi connectivity index (χ2v) is 5.15. The molecule has 0 aliphatic heterocycles. The van der Waals surface area contributed by atoms with E-state index in [0.717, 1.165) is 27.9 Å². The predicted octanol–water partition coefficient (Wildman–Crippen LogP) is 2.78. The molecular formula is C17H17FN4. The fourth-order valence-corrected chi connectivity index (χ4v) is 2.47. The summed E-state index contributed by atoms with van der Waals surface area (Å²) in [5, 5.41) is 0.925. The summed E-state index contributed by atoms with van der Waals surface area (Å²) in [6, 6.07) is 11.7. The van der Waals surface area contributed by atoms with E-state index in [9.17, 15) is 4.39 Å². The van der Waals surface area contributed by atoms with Crippen molar-refractivity contribution < 1.29 is 4.39 Å². The van der Waals surface area contributed by atoms with E-state index in [2.05, 4.69) is 9.97 Å². The highest BCUT2D eigenvalue weighted by Gasteiger charge is 2.14. The van der Waals surface area contributed by atoms with Crippen molar-refractivity contribution in [2.45, 2.75) is 12.5 Å².